The Hall–Kier alpha value is -3.29. The van der Waals surface area contributed by atoms with Crippen molar-refractivity contribution in [3.63, 3.8) is 0 Å². The topological polar surface area (TPSA) is 163 Å². The Morgan fingerprint density at radius 3 is 2.26 bits per heavy atom. The first-order valence-corrected chi connectivity index (χ1v) is 17.6. The number of carbonyl (C=O) groups excluding carboxylic acids is 5. The predicted octanol–water partition coefficient (Wildman–Crippen LogP) is 4.35. The molecule has 13 unspecified atom stereocenters. The van der Waals surface area contributed by atoms with Crippen molar-refractivity contribution >= 4 is 29.7 Å². The summed E-state index contributed by atoms with van der Waals surface area (Å²) in [5.74, 6) is -7.92. The Balaban J connectivity index is 1.48. The molecule has 13 atom stereocenters. The second-order valence-electron chi connectivity index (χ2n) is 17.0. The quantitative estimate of drug-likeness (QED) is 0.214. The largest absolute Gasteiger partial charge is 0.472 e. The smallest absolute Gasteiger partial charge is 0.317 e. The average Bonchev–Trinajstić information content (AvgIpc) is 3.72. The number of ketones is 1. The van der Waals surface area contributed by atoms with Crippen LogP contribution in [0.1, 0.15) is 99.2 Å². The molecule has 3 saturated heterocycles. The molecule has 3 spiro atoms. The fraction of sp³-hybridized carbons (Fsp3) is 0.757. The SMILES string of the molecule is COC(=O)CC1C2(C)CC3(OC(C)=O)C4OC(=O)C(C(=O)C(C)C)C5C(C)(C(OC(C)=O)c6ccoc6)CCC67OC(C)(OC546)OC3(C2)C17C. The van der Waals surface area contributed by atoms with Gasteiger partial charge in [0.1, 0.15) is 34.6 Å². The highest BCUT2D eigenvalue weighted by atomic mass is 16.9. The van der Waals surface area contributed by atoms with Gasteiger partial charge in [-0.2, -0.15) is 0 Å². The third-order valence-corrected chi connectivity index (χ3v) is 14.3. The van der Waals surface area contributed by atoms with Crippen molar-refractivity contribution in [3.8, 4) is 0 Å². The van der Waals surface area contributed by atoms with Crippen LogP contribution in [-0.4, -0.2) is 71.3 Å². The van der Waals surface area contributed by atoms with Crippen LogP contribution >= 0.6 is 0 Å². The van der Waals surface area contributed by atoms with E-state index in [0.717, 1.165) is 0 Å². The summed E-state index contributed by atoms with van der Waals surface area (Å²) in [6, 6.07) is 1.70. The summed E-state index contributed by atoms with van der Waals surface area (Å²) in [6.45, 7) is 13.7. The molecule has 4 heterocycles. The number of hydrogen-bond acceptors (Lipinski definition) is 13. The lowest BCUT2D eigenvalue weighted by Gasteiger charge is -2.77. The van der Waals surface area contributed by atoms with Crippen LogP contribution in [0.5, 0.6) is 0 Å². The molecular weight excluding hydrogens is 652 g/mol. The van der Waals surface area contributed by atoms with E-state index in [1.165, 1.54) is 33.5 Å². The number of carbonyl (C=O) groups is 5. The summed E-state index contributed by atoms with van der Waals surface area (Å²) in [6.07, 6.45) is 1.84. The normalized spacial score (nSPS) is 49.3. The van der Waals surface area contributed by atoms with Crippen molar-refractivity contribution in [3.05, 3.63) is 24.2 Å². The van der Waals surface area contributed by atoms with Gasteiger partial charge in [0.15, 0.2) is 11.7 Å². The Morgan fingerprint density at radius 2 is 1.66 bits per heavy atom. The number of esters is 4. The van der Waals surface area contributed by atoms with Crippen LogP contribution in [-0.2, 0) is 57.1 Å². The molecule has 1 aromatic rings. The van der Waals surface area contributed by atoms with Gasteiger partial charge in [-0.3, -0.25) is 24.0 Å². The maximum atomic E-state index is 14.7. The second-order valence-corrected chi connectivity index (χ2v) is 17.0. The van der Waals surface area contributed by atoms with Crippen LogP contribution in [0.15, 0.2) is 23.0 Å². The van der Waals surface area contributed by atoms with E-state index in [1.54, 1.807) is 26.8 Å². The van der Waals surface area contributed by atoms with Gasteiger partial charge < -0.3 is 37.6 Å². The summed E-state index contributed by atoms with van der Waals surface area (Å²) in [4.78, 5) is 68.7. The minimum Gasteiger partial charge on any atom is -0.472 e. The Labute approximate surface area is 290 Å². The Morgan fingerprint density at radius 1 is 0.960 bits per heavy atom. The van der Waals surface area contributed by atoms with Crippen LogP contribution in [0.4, 0.5) is 0 Å². The minimum absolute atomic E-state index is 0.0223. The molecule has 50 heavy (non-hydrogen) atoms. The zero-order valence-corrected chi connectivity index (χ0v) is 30.0. The molecule has 7 fully saturated rings. The molecule has 0 amide bonds. The first-order valence-electron chi connectivity index (χ1n) is 17.6. The third-order valence-electron chi connectivity index (χ3n) is 14.3. The van der Waals surface area contributed by atoms with Crippen molar-refractivity contribution in [1.82, 2.24) is 0 Å². The van der Waals surface area contributed by atoms with Crippen molar-refractivity contribution in [2.24, 2.45) is 39.9 Å². The molecule has 4 saturated carbocycles. The zero-order valence-electron chi connectivity index (χ0n) is 30.0. The molecule has 13 nitrogen and oxygen atoms in total. The number of Topliss-reactive ketones (excluding diaryl/α,β-unsaturated/α-hetero) is 1. The number of methoxy groups -OCH3 is 1. The zero-order chi connectivity index (χ0) is 36.2. The van der Waals surface area contributed by atoms with Crippen LogP contribution in [0.3, 0.4) is 0 Å². The van der Waals surface area contributed by atoms with E-state index >= 15 is 0 Å². The van der Waals surface area contributed by atoms with Crippen LogP contribution in [0, 0.1) is 39.9 Å². The van der Waals surface area contributed by atoms with Crippen LogP contribution in [0.2, 0.25) is 0 Å². The first kappa shape index (κ1) is 33.8. The third kappa shape index (κ3) is 3.43. The molecule has 7 aliphatic rings. The summed E-state index contributed by atoms with van der Waals surface area (Å²) < 4.78 is 51.5. The van der Waals surface area contributed by atoms with E-state index in [0.29, 0.717) is 18.4 Å². The Kier molecular flexibility index (Phi) is 6.61. The standard InChI is InChI=1S/C37H46O13/c1-18(2)25(41)24-26-31(6,27(45-19(3)38)21-10-13-44-15-21)11-12-35-32(7)22(14-23(40)43-9)30(5)16-34(47-20(4)39)29(46-28(24)42)37(26,35)50-33(8,48-35)49-36(32,34)17-30/h10,13,15,18,22,24,26-27,29H,11-12,14,16-17H2,1-9H3. The molecule has 0 radical (unpaired) electrons. The lowest BCUT2D eigenvalue weighted by Crippen LogP contribution is -2.93. The fourth-order valence-electron chi connectivity index (χ4n) is 13.2. The van der Waals surface area contributed by atoms with Crippen molar-refractivity contribution in [2.45, 2.75) is 128 Å². The van der Waals surface area contributed by atoms with Gasteiger partial charge in [0.2, 0.25) is 0 Å². The van der Waals surface area contributed by atoms with Gasteiger partial charge in [0.25, 0.3) is 5.97 Å². The lowest BCUT2D eigenvalue weighted by molar-refractivity contribution is -0.472. The highest BCUT2D eigenvalue weighted by Crippen LogP contribution is 2.90. The van der Waals surface area contributed by atoms with E-state index in [4.69, 9.17) is 37.6 Å². The molecule has 0 N–H and O–H groups in total. The summed E-state index contributed by atoms with van der Waals surface area (Å²) in [5, 5.41) is 0. The average molecular weight is 699 g/mol. The second kappa shape index (κ2) is 9.77. The van der Waals surface area contributed by atoms with Gasteiger partial charge in [-0.05, 0) is 43.1 Å². The van der Waals surface area contributed by atoms with E-state index in [2.05, 4.69) is 6.92 Å². The van der Waals surface area contributed by atoms with Crippen molar-refractivity contribution < 1.29 is 61.5 Å². The van der Waals surface area contributed by atoms with Crippen LogP contribution < -0.4 is 0 Å². The molecule has 8 rings (SSSR count). The first-order chi connectivity index (χ1) is 23.3. The van der Waals surface area contributed by atoms with Gasteiger partial charge in [-0.15, -0.1) is 0 Å². The van der Waals surface area contributed by atoms with E-state index < -0.39 is 104 Å². The summed E-state index contributed by atoms with van der Waals surface area (Å²) in [5.41, 5.74) is -8.35. The lowest BCUT2D eigenvalue weighted by atomic mass is 9.32. The van der Waals surface area contributed by atoms with Crippen LogP contribution in [0.25, 0.3) is 0 Å². The maximum absolute atomic E-state index is 14.7. The van der Waals surface area contributed by atoms with Gasteiger partial charge in [0, 0.05) is 55.4 Å². The van der Waals surface area contributed by atoms with Gasteiger partial charge in [-0.1, -0.05) is 34.6 Å². The Bertz CT molecular complexity index is 1720. The number of ether oxygens (including phenoxy) is 7. The number of fused-ring (bicyclic) bond motifs is 3. The fourth-order valence-corrected chi connectivity index (χ4v) is 13.2. The molecule has 4 aliphatic carbocycles. The highest BCUT2D eigenvalue weighted by Gasteiger charge is 3.03. The molecule has 0 aromatic carbocycles. The molecular formula is C37H46O13. The van der Waals surface area contributed by atoms with E-state index in [1.807, 2.05) is 13.8 Å². The molecule has 13 heteroatoms. The van der Waals surface area contributed by atoms with Gasteiger partial charge in [0.05, 0.1) is 19.6 Å². The van der Waals surface area contributed by atoms with Crippen molar-refractivity contribution in [2.75, 3.05) is 7.11 Å². The highest BCUT2D eigenvalue weighted by molar-refractivity contribution is 6.01. The number of furan rings is 1. The minimum atomic E-state index is -1.73. The monoisotopic (exact) mass is 698 g/mol. The summed E-state index contributed by atoms with van der Waals surface area (Å²) in [7, 11) is 1.35. The number of rotatable bonds is 8. The maximum Gasteiger partial charge on any atom is 0.317 e. The molecule has 3 aliphatic heterocycles. The summed E-state index contributed by atoms with van der Waals surface area (Å²) >= 11 is 0. The van der Waals surface area contributed by atoms with E-state index in [-0.39, 0.29) is 25.0 Å². The molecule has 4 bridgehead atoms. The molecule has 272 valence electrons. The predicted molar refractivity (Wildman–Crippen MR) is 167 cm³/mol. The van der Waals surface area contributed by atoms with E-state index in [9.17, 15) is 24.0 Å². The number of hydrogen-bond donors (Lipinski definition) is 0. The molecule has 1 aromatic heterocycles. The van der Waals surface area contributed by atoms with Gasteiger partial charge in [-0.25, -0.2) is 0 Å². The van der Waals surface area contributed by atoms with Gasteiger partial charge >= 0.3 is 23.9 Å². The van der Waals surface area contributed by atoms with Crippen molar-refractivity contribution in [1.29, 1.82) is 0 Å².